The summed E-state index contributed by atoms with van der Waals surface area (Å²) in [6, 6.07) is 8.23. The number of methoxy groups -OCH3 is 1. The zero-order chi connectivity index (χ0) is 14.8. The molecule has 4 nitrogen and oxygen atoms in total. The number of rotatable bonds is 4. The van der Waals surface area contributed by atoms with Gasteiger partial charge in [-0.3, -0.25) is 9.69 Å². The number of hydrogen-bond acceptors (Lipinski definition) is 3. The number of aliphatic carboxylic acids is 1. The molecule has 2 atom stereocenters. The Bertz CT molecular complexity index is 471. The van der Waals surface area contributed by atoms with Gasteiger partial charge in [-0.25, -0.2) is 0 Å². The van der Waals surface area contributed by atoms with E-state index in [1.165, 1.54) is 5.56 Å². The summed E-state index contributed by atoms with van der Waals surface area (Å²) in [7, 11) is 1.65. The minimum absolute atomic E-state index is 0.222. The molecule has 1 saturated heterocycles. The smallest absolute Gasteiger partial charge is 0.310 e. The molecule has 1 aliphatic rings. The van der Waals surface area contributed by atoms with Crippen LogP contribution in [0, 0.1) is 5.41 Å². The lowest BCUT2D eigenvalue weighted by Crippen LogP contribution is -2.46. The van der Waals surface area contributed by atoms with Gasteiger partial charge in [0.2, 0.25) is 0 Å². The van der Waals surface area contributed by atoms with Crippen LogP contribution in [0.15, 0.2) is 24.3 Å². The van der Waals surface area contributed by atoms with Crippen molar-refractivity contribution in [2.75, 3.05) is 20.2 Å². The van der Waals surface area contributed by atoms with Crippen LogP contribution in [0.5, 0.6) is 5.75 Å². The fraction of sp³-hybridized carbons (Fsp3) is 0.562. The minimum Gasteiger partial charge on any atom is -0.497 e. The van der Waals surface area contributed by atoms with Crippen molar-refractivity contribution in [1.82, 2.24) is 4.90 Å². The molecule has 2 rings (SSSR count). The Morgan fingerprint density at radius 1 is 1.40 bits per heavy atom. The number of piperidine rings is 1. The summed E-state index contributed by atoms with van der Waals surface area (Å²) in [5.74, 6) is 0.152. The molecule has 1 aliphatic heterocycles. The predicted octanol–water partition coefficient (Wildman–Crippen LogP) is 2.94. The Kier molecular flexibility index (Phi) is 4.33. The van der Waals surface area contributed by atoms with E-state index < -0.39 is 11.4 Å². The van der Waals surface area contributed by atoms with Crippen molar-refractivity contribution >= 4 is 5.97 Å². The first kappa shape index (κ1) is 14.9. The highest BCUT2D eigenvalue weighted by Crippen LogP contribution is 2.34. The number of carboxylic acids is 1. The number of carboxylic acid groups (broad SMARTS) is 1. The van der Waals surface area contributed by atoms with Gasteiger partial charge < -0.3 is 9.84 Å². The lowest BCUT2D eigenvalue weighted by molar-refractivity contribution is -0.151. The summed E-state index contributed by atoms with van der Waals surface area (Å²) in [5.41, 5.74) is 0.569. The van der Waals surface area contributed by atoms with E-state index in [1.54, 1.807) is 7.11 Å². The number of nitrogens with zero attached hydrogens (tertiary/aromatic N) is 1. The van der Waals surface area contributed by atoms with Crippen molar-refractivity contribution in [3.63, 3.8) is 0 Å². The second-order valence-corrected chi connectivity index (χ2v) is 5.89. The molecule has 1 N–H and O–H groups in total. The molecule has 110 valence electrons. The highest BCUT2D eigenvalue weighted by atomic mass is 16.5. The van der Waals surface area contributed by atoms with E-state index in [9.17, 15) is 9.90 Å². The van der Waals surface area contributed by atoms with Crippen LogP contribution in [0.1, 0.15) is 38.3 Å². The maximum Gasteiger partial charge on any atom is 0.310 e. The van der Waals surface area contributed by atoms with E-state index in [1.807, 2.05) is 19.1 Å². The van der Waals surface area contributed by atoms with Crippen molar-refractivity contribution in [3.8, 4) is 5.75 Å². The molecule has 0 aliphatic carbocycles. The molecule has 1 aromatic rings. The second kappa shape index (κ2) is 5.83. The molecule has 4 heteroatoms. The van der Waals surface area contributed by atoms with Gasteiger partial charge in [0.25, 0.3) is 0 Å². The maximum atomic E-state index is 11.4. The lowest BCUT2D eigenvalue weighted by Gasteiger charge is -2.40. The average molecular weight is 277 g/mol. The van der Waals surface area contributed by atoms with Gasteiger partial charge in [0.1, 0.15) is 5.75 Å². The SMILES string of the molecule is COc1ccc(C(C)N2CCCC(C)(C(=O)O)C2)cc1. The third-order valence-corrected chi connectivity index (χ3v) is 4.39. The fourth-order valence-electron chi connectivity index (χ4n) is 2.88. The van der Waals surface area contributed by atoms with E-state index in [2.05, 4.69) is 24.0 Å². The summed E-state index contributed by atoms with van der Waals surface area (Å²) in [5, 5.41) is 9.39. The first-order valence-electron chi connectivity index (χ1n) is 7.08. The Labute approximate surface area is 120 Å². The molecule has 0 radical (unpaired) electrons. The van der Waals surface area contributed by atoms with Gasteiger partial charge in [-0.05, 0) is 50.9 Å². The Morgan fingerprint density at radius 2 is 2.05 bits per heavy atom. The van der Waals surface area contributed by atoms with Crippen LogP contribution < -0.4 is 4.74 Å². The number of hydrogen-bond donors (Lipinski definition) is 1. The molecule has 1 fully saturated rings. The molecule has 20 heavy (non-hydrogen) atoms. The van der Waals surface area contributed by atoms with Gasteiger partial charge in [0, 0.05) is 12.6 Å². The standard InChI is InChI=1S/C16H23NO3/c1-12(13-5-7-14(20-3)8-6-13)17-10-4-9-16(2,11-17)15(18)19/h5-8,12H,4,9-11H2,1-3H3,(H,18,19). The second-order valence-electron chi connectivity index (χ2n) is 5.89. The van der Waals surface area contributed by atoms with E-state index in [0.717, 1.165) is 25.1 Å². The fourth-order valence-corrected chi connectivity index (χ4v) is 2.88. The lowest BCUT2D eigenvalue weighted by atomic mass is 9.81. The maximum absolute atomic E-state index is 11.4. The van der Waals surface area contributed by atoms with E-state index in [-0.39, 0.29) is 6.04 Å². The monoisotopic (exact) mass is 277 g/mol. The van der Waals surface area contributed by atoms with Crippen LogP contribution in [-0.4, -0.2) is 36.2 Å². The molecule has 1 aromatic carbocycles. The van der Waals surface area contributed by atoms with Crippen molar-refractivity contribution in [2.24, 2.45) is 5.41 Å². The van der Waals surface area contributed by atoms with Crippen molar-refractivity contribution < 1.29 is 14.6 Å². The van der Waals surface area contributed by atoms with Crippen LogP contribution in [0.3, 0.4) is 0 Å². The van der Waals surface area contributed by atoms with Crippen LogP contribution in [0.25, 0.3) is 0 Å². The van der Waals surface area contributed by atoms with Gasteiger partial charge in [-0.1, -0.05) is 12.1 Å². The van der Waals surface area contributed by atoms with Crippen LogP contribution >= 0.6 is 0 Å². The molecule has 0 saturated carbocycles. The summed E-state index contributed by atoms with van der Waals surface area (Å²) in [6.07, 6.45) is 1.69. The average Bonchev–Trinajstić information content (AvgIpc) is 2.46. The van der Waals surface area contributed by atoms with Crippen LogP contribution in [0.2, 0.25) is 0 Å². The minimum atomic E-state index is -0.691. The first-order chi connectivity index (χ1) is 9.46. The topological polar surface area (TPSA) is 49.8 Å². The van der Waals surface area contributed by atoms with Crippen LogP contribution in [0.4, 0.5) is 0 Å². The third kappa shape index (κ3) is 2.96. The quantitative estimate of drug-likeness (QED) is 0.919. The molecule has 0 bridgehead atoms. The van der Waals surface area contributed by atoms with Crippen molar-refractivity contribution in [3.05, 3.63) is 29.8 Å². The molecule has 2 unspecified atom stereocenters. The molecule has 0 aromatic heterocycles. The summed E-state index contributed by atoms with van der Waals surface area (Å²) in [6.45, 7) is 5.54. The third-order valence-electron chi connectivity index (χ3n) is 4.39. The molecular weight excluding hydrogens is 254 g/mol. The number of ether oxygens (including phenoxy) is 1. The molecule has 0 amide bonds. The van der Waals surface area contributed by atoms with Gasteiger partial charge in [-0.15, -0.1) is 0 Å². The normalized spacial score (nSPS) is 25.1. The summed E-state index contributed by atoms with van der Waals surface area (Å²) >= 11 is 0. The Morgan fingerprint density at radius 3 is 2.60 bits per heavy atom. The van der Waals surface area contributed by atoms with Gasteiger partial charge in [0.15, 0.2) is 0 Å². The van der Waals surface area contributed by atoms with Gasteiger partial charge in [-0.2, -0.15) is 0 Å². The van der Waals surface area contributed by atoms with E-state index >= 15 is 0 Å². The Hall–Kier alpha value is -1.55. The zero-order valence-electron chi connectivity index (χ0n) is 12.4. The Balaban J connectivity index is 2.11. The molecular formula is C16H23NO3. The highest BCUT2D eigenvalue weighted by molar-refractivity contribution is 5.74. The summed E-state index contributed by atoms with van der Waals surface area (Å²) in [4.78, 5) is 13.7. The predicted molar refractivity (Wildman–Crippen MR) is 78.0 cm³/mol. The molecule has 1 heterocycles. The van der Waals surface area contributed by atoms with Crippen LogP contribution in [-0.2, 0) is 4.79 Å². The first-order valence-corrected chi connectivity index (χ1v) is 7.08. The van der Waals surface area contributed by atoms with Crippen molar-refractivity contribution in [1.29, 1.82) is 0 Å². The van der Waals surface area contributed by atoms with E-state index in [4.69, 9.17) is 4.74 Å². The highest BCUT2D eigenvalue weighted by Gasteiger charge is 2.39. The molecule has 0 spiro atoms. The van der Waals surface area contributed by atoms with Gasteiger partial charge >= 0.3 is 5.97 Å². The van der Waals surface area contributed by atoms with Crippen molar-refractivity contribution in [2.45, 2.75) is 32.7 Å². The number of likely N-dealkylation sites (tertiary alicyclic amines) is 1. The van der Waals surface area contributed by atoms with Gasteiger partial charge in [0.05, 0.1) is 12.5 Å². The largest absolute Gasteiger partial charge is 0.497 e. The number of carbonyl (C=O) groups is 1. The summed E-state index contributed by atoms with van der Waals surface area (Å²) < 4.78 is 5.17. The van der Waals surface area contributed by atoms with E-state index in [0.29, 0.717) is 6.54 Å². The number of benzene rings is 1. The zero-order valence-corrected chi connectivity index (χ0v) is 12.4.